The van der Waals surface area contributed by atoms with Gasteiger partial charge in [-0.25, -0.2) is 0 Å². The number of rotatable bonds is 3. The summed E-state index contributed by atoms with van der Waals surface area (Å²) in [6, 6.07) is 9.08. The Morgan fingerprint density at radius 2 is 1.94 bits per heavy atom. The van der Waals surface area contributed by atoms with Crippen LogP contribution in [0.5, 0.6) is 0 Å². The minimum absolute atomic E-state index is 0.0225. The van der Waals surface area contributed by atoms with E-state index in [4.69, 9.17) is 0 Å². The fourth-order valence-electron chi connectivity index (χ4n) is 2.04. The first-order valence-corrected chi connectivity index (χ1v) is 5.76. The average molecular weight is 226 g/mol. The van der Waals surface area contributed by atoms with Crippen molar-refractivity contribution < 1.29 is 9.59 Å². The van der Waals surface area contributed by atoms with E-state index in [2.05, 4.69) is 0 Å². The molecule has 2 nitrogen and oxygen atoms in total. The molecule has 0 radical (unpaired) electrons. The number of allylic oxidation sites excluding steroid dienone is 4. The van der Waals surface area contributed by atoms with Crippen LogP contribution in [0.3, 0.4) is 0 Å². The van der Waals surface area contributed by atoms with E-state index in [0.717, 1.165) is 0 Å². The third-order valence-electron chi connectivity index (χ3n) is 2.96. The van der Waals surface area contributed by atoms with E-state index in [1.54, 1.807) is 24.3 Å². The zero-order valence-electron chi connectivity index (χ0n) is 9.72. The van der Waals surface area contributed by atoms with Crippen LogP contribution >= 0.6 is 0 Å². The molecule has 0 saturated carbocycles. The Morgan fingerprint density at radius 3 is 2.59 bits per heavy atom. The van der Waals surface area contributed by atoms with Gasteiger partial charge in [-0.2, -0.15) is 0 Å². The fourth-order valence-corrected chi connectivity index (χ4v) is 2.04. The second kappa shape index (κ2) is 4.91. The van der Waals surface area contributed by atoms with Gasteiger partial charge in [0.1, 0.15) is 0 Å². The molecule has 1 aromatic rings. The van der Waals surface area contributed by atoms with Gasteiger partial charge >= 0.3 is 0 Å². The molecule has 86 valence electrons. The largest absolute Gasteiger partial charge is 0.294 e. The summed E-state index contributed by atoms with van der Waals surface area (Å²) >= 11 is 0. The summed E-state index contributed by atoms with van der Waals surface area (Å²) in [4.78, 5) is 24.0. The lowest BCUT2D eigenvalue weighted by molar-refractivity contribution is -0.117. The second-order valence-corrected chi connectivity index (χ2v) is 4.04. The predicted octanol–water partition coefficient (Wildman–Crippen LogP) is 2.96. The summed E-state index contributed by atoms with van der Waals surface area (Å²) in [6.07, 6.45) is 5.61. The normalized spacial score (nSPS) is 19.0. The van der Waals surface area contributed by atoms with Crippen molar-refractivity contribution in [2.45, 2.75) is 13.3 Å². The van der Waals surface area contributed by atoms with Gasteiger partial charge in [0.2, 0.25) is 0 Å². The van der Waals surface area contributed by atoms with Gasteiger partial charge in [0, 0.05) is 11.1 Å². The van der Waals surface area contributed by atoms with Crippen molar-refractivity contribution in [3.63, 3.8) is 0 Å². The van der Waals surface area contributed by atoms with Crippen LogP contribution in [0.15, 0.2) is 54.1 Å². The zero-order valence-corrected chi connectivity index (χ0v) is 9.72. The molecule has 0 fully saturated rings. The molecule has 0 aliphatic heterocycles. The van der Waals surface area contributed by atoms with Crippen molar-refractivity contribution in [3.05, 3.63) is 59.7 Å². The third kappa shape index (κ3) is 2.26. The maximum absolute atomic E-state index is 12.3. The van der Waals surface area contributed by atoms with Crippen molar-refractivity contribution in [1.29, 1.82) is 0 Å². The number of carbonyl (C=O) groups is 2. The third-order valence-corrected chi connectivity index (χ3v) is 2.96. The lowest BCUT2D eigenvalue weighted by Crippen LogP contribution is -2.22. The van der Waals surface area contributed by atoms with Crippen LogP contribution in [-0.4, -0.2) is 11.6 Å². The average Bonchev–Trinajstić information content (AvgIpc) is 2.38. The van der Waals surface area contributed by atoms with Crippen LogP contribution < -0.4 is 0 Å². The second-order valence-electron chi connectivity index (χ2n) is 4.04. The van der Waals surface area contributed by atoms with Gasteiger partial charge in [-0.1, -0.05) is 49.4 Å². The highest BCUT2D eigenvalue weighted by molar-refractivity contribution is 6.14. The summed E-state index contributed by atoms with van der Waals surface area (Å²) in [7, 11) is 0. The molecule has 1 aromatic carbocycles. The molecule has 1 unspecified atom stereocenters. The summed E-state index contributed by atoms with van der Waals surface area (Å²) in [6.45, 7) is 1.92. The van der Waals surface area contributed by atoms with E-state index >= 15 is 0 Å². The smallest absolute Gasteiger partial charge is 0.189 e. The van der Waals surface area contributed by atoms with Crippen LogP contribution in [0.2, 0.25) is 0 Å². The molecule has 2 rings (SSSR count). The summed E-state index contributed by atoms with van der Waals surface area (Å²) in [5.74, 6) is -0.308. The number of benzene rings is 1. The molecule has 0 amide bonds. The maximum Gasteiger partial charge on any atom is 0.189 e. The molecule has 17 heavy (non-hydrogen) atoms. The molecule has 0 N–H and O–H groups in total. The van der Waals surface area contributed by atoms with Gasteiger partial charge in [0.25, 0.3) is 0 Å². The Hall–Kier alpha value is -1.96. The summed E-state index contributed by atoms with van der Waals surface area (Å²) in [5.41, 5.74) is 1.24. The van der Waals surface area contributed by atoms with Crippen LogP contribution in [0.4, 0.5) is 0 Å². The van der Waals surface area contributed by atoms with Crippen LogP contribution in [0.1, 0.15) is 23.7 Å². The molecule has 1 aliphatic carbocycles. The van der Waals surface area contributed by atoms with E-state index in [-0.39, 0.29) is 17.5 Å². The molecular weight excluding hydrogens is 212 g/mol. The van der Waals surface area contributed by atoms with Crippen LogP contribution in [0, 0.1) is 5.92 Å². The Morgan fingerprint density at radius 1 is 1.24 bits per heavy atom. The Labute approximate surface area is 101 Å². The van der Waals surface area contributed by atoms with E-state index in [1.807, 2.05) is 25.1 Å². The zero-order chi connectivity index (χ0) is 12.3. The Balaban J connectivity index is 2.34. The molecule has 0 heterocycles. The number of Topliss-reactive ketones (excluding diaryl/α,β-unsaturated/α-hetero) is 1. The Kier molecular flexibility index (Phi) is 3.33. The van der Waals surface area contributed by atoms with Crippen molar-refractivity contribution in [1.82, 2.24) is 0 Å². The van der Waals surface area contributed by atoms with Gasteiger partial charge in [0.15, 0.2) is 11.6 Å². The first kappa shape index (κ1) is 11.5. The van der Waals surface area contributed by atoms with Crippen molar-refractivity contribution >= 4 is 11.6 Å². The molecule has 0 bridgehead atoms. The quantitative estimate of drug-likeness (QED) is 0.742. The minimum Gasteiger partial charge on any atom is -0.294 e. The van der Waals surface area contributed by atoms with E-state index in [0.29, 0.717) is 17.6 Å². The standard InChI is InChI=1S/C15H14O2/c1-2-12-13(9-6-10-14(12)16)15(17)11-7-4-3-5-8-11/h3-10,12H,2H2,1H3. The monoisotopic (exact) mass is 226 g/mol. The minimum atomic E-state index is -0.285. The van der Waals surface area contributed by atoms with E-state index < -0.39 is 0 Å². The van der Waals surface area contributed by atoms with Crippen molar-refractivity contribution in [3.8, 4) is 0 Å². The molecule has 0 aromatic heterocycles. The van der Waals surface area contributed by atoms with E-state index in [9.17, 15) is 9.59 Å². The summed E-state index contributed by atoms with van der Waals surface area (Å²) in [5, 5.41) is 0. The van der Waals surface area contributed by atoms with Gasteiger partial charge < -0.3 is 0 Å². The SMILES string of the molecule is CCC1C(=O)C=CC=C1C(=O)c1ccccc1. The number of ketones is 2. The number of hydrogen-bond acceptors (Lipinski definition) is 2. The van der Waals surface area contributed by atoms with Gasteiger partial charge in [-0.3, -0.25) is 9.59 Å². The highest BCUT2D eigenvalue weighted by Gasteiger charge is 2.26. The summed E-state index contributed by atoms with van der Waals surface area (Å²) < 4.78 is 0. The van der Waals surface area contributed by atoms with Crippen molar-refractivity contribution in [2.75, 3.05) is 0 Å². The van der Waals surface area contributed by atoms with Crippen LogP contribution in [0.25, 0.3) is 0 Å². The molecule has 1 aliphatic rings. The lowest BCUT2D eigenvalue weighted by atomic mass is 9.84. The van der Waals surface area contributed by atoms with Gasteiger partial charge in [-0.05, 0) is 12.5 Å². The fraction of sp³-hybridized carbons (Fsp3) is 0.200. The van der Waals surface area contributed by atoms with Gasteiger partial charge in [-0.15, -0.1) is 0 Å². The number of hydrogen-bond donors (Lipinski definition) is 0. The highest BCUT2D eigenvalue weighted by atomic mass is 16.1. The van der Waals surface area contributed by atoms with Gasteiger partial charge in [0.05, 0.1) is 5.92 Å². The molecule has 0 spiro atoms. The topological polar surface area (TPSA) is 34.1 Å². The predicted molar refractivity (Wildman–Crippen MR) is 66.8 cm³/mol. The van der Waals surface area contributed by atoms with Crippen LogP contribution in [-0.2, 0) is 4.79 Å². The molecule has 2 heteroatoms. The first-order valence-electron chi connectivity index (χ1n) is 5.76. The maximum atomic E-state index is 12.3. The number of carbonyl (C=O) groups excluding carboxylic acids is 2. The Bertz CT molecular complexity index is 495. The highest BCUT2D eigenvalue weighted by Crippen LogP contribution is 2.24. The lowest BCUT2D eigenvalue weighted by Gasteiger charge is -2.17. The molecule has 1 atom stereocenters. The first-order chi connectivity index (χ1) is 8.24. The molecular formula is C15H14O2. The molecule has 0 saturated heterocycles. The van der Waals surface area contributed by atoms with E-state index in [1.165, 1.54) is 6.08 Å². The van der Waals surface area contributed by atoms with Crippen molar-refractivity contribution in [2.24, 2.45) is 5.92 Å².